The van der Waals surface area contributed by atoms with Crippen molar-refractivity contribution in [1.82, 2.24) is 4.90 Å². The van der Waals surface area contributed by atoms with Gasteiger partial charge in [0, 0.05) is 37.6 Å². The fourth-order valence-corrected chi connectivity index (χ4v) is 3.93. The van der Waals surface area contributed by atoms with Crippen LogP contribution < -0.4 is 15.0 Å². The fourth-order valence-electron chi connectivity index (χ4n) is 3.93. The maximum atomic E-state index is 12.8. The Morgan fingerprint density at radius 3 is 2.11 bits per heavy atom. The zero-order chi connectivity index (χ0) is 20.3. The number of aryl methyl sites for hydroxylation is 3. The number of methoxy groups -OCH3 is 1. The lowest BCUT2D eigenvalue weighted by atomic mass is 10.0. The van der Waals surface area contributed by atoms with E-state index >= 15 is 0 Å². The van der Waals surface area contributed by atoms with Crippen LogP contribution >= 0.6 is 0 Å². The molecule has 1 atom stereocenters. The Hall–Kier alpha value is -2.53. The number of nitrogens with one attached hydrogen (secondary N) is 1. The summed E-state index contributed by atoms with van der Waals surface area (Å²) < 4.78 is 5.23. The summed E-state index contributed by atoms with van der Waals surface area (Å²) in [4.78, 5) is 17.5. The molecule has 5 heteroatoms. The zero-order valence-corrected chi connectivity index (χ0v) is 17.6. The monoisotopic (exact) mass is 381 g/mol. The van der Waals surface area contributed by atoms with E-state index in [1.165, 1.54) is 11.3 Å². The largest absolute Gasteiger partial charge is 0.497 e. The van der Waals surface area contributed by atoms with E-state index in [1.807, 2.05) is 32.9 Å². The zero-order valence-electron chi connectivity index (χ0n) is 17.6. The normalized spacial score (nSPS) is 16.0. The summed E-state index contributed by atoms with van der Waals surface area (Å²) in [6, 6.07) is 12.2. The molecule has 150 valence electrons. The van der Waals surface area contributed by atoms with E-state index in [-0.39, 0.29) is 11.9 Å². The summed E-state index contributed by atoms with van der Waals surface area (Å²) in [5, 5.41) is 3.15. The average Bonchev–Trinajstić information content (AvgIpc) is 2.70. The first kappa shape index (κ1) is 20.2. The first-order valence-electron chi connectivity index (χ1n) is 9.91. The Kier molecular flexibility index (Phi) is 6.25. The molecule has 28 heavy (non-hydrogen) atoms. The summed E-state index contributed by atoms with van der Waals surface area (Å²) in [6.07, 6.45) is 0. The molecule has 0 aliphatic carbocycles. The van der Waals surface area contributed by atoms with Crippen molar-refractivity contribution >= 4 is 17.3 Å². The van der Waals surface area contributed by atoms with Crippen molar-refractivity contribution < 1.29 is 9.53 Å². The lowest BCUT2D eigenvalue weighted by Crippen LogP contribution is -2.52. The Morgan fingerprint density at radius 1 is 1.00 bits per heavy atom. The molecule has 1 aliphatic rings. The minimum absolute atomic E-state index is 0.0629. The Bertz CT molecular complexity index is 801. The van der Waals surface area contributed by atoms with Gasteiger partial charge in [-0.05, 0) is 63.1 Å². The van der Waals surface area contributed by atoms with E-state index in [9.17, 15) is 4.79 Å². The van der Waals surface area contributed by atoms with Gasteiger partial charge in [0.1, 0.15) is 5.75 Å². The molecule has 3 rings (SSSR count). The number of hydrogen-bond acceptors (Lipinski definition) is 4. The molecule has 0 bridgehead atoms. The smallest absolute Gasteiger partial charge is 0.241 e. The summed E-state index contributed by atoms with van der Waals surface area (Å²) in [5.74, 6) is 0.933. The number of rotatable bonds is 5. The van der Waals surface area contributed by atoms with Gasteiger partial charge in [-0.3, -0.25) is 9.69 Å². The second kappa shape index (κ2) is 8.65. The number of anilines is 2. The highest BCUT2D eigenvalue weighted by Gasteiger charge is 2.26. The van der Waals surface area contributed by atoms with Crippen LogP contribution in [0.3, 0.4) is 0 Å². The van der Waals surface area contributed by atoms with Crippen molar-refractivity contribution in [3.63, 3.8) is 0 Å². The lowest BCUT2D eigenvalue weighted by molar-refractivity contribution is -0.120. The SMILES string of the molecule is COc1ccc(N2CCN(C(C)C(=O)Nc3c(C)cc(C)cc3C)CC2)cc1. The first-order chi connectivity index (χ1) is 13.4. The van der Waals surface area contributed by atoms with Crippen LogP contribution in [0.25, 0.3) is 0 Å². The van der Waals surface area contributed by atoms with Gasteiger partial charge in [-0.2, -0.15) is 0 Å². The molecule has 1 saturated heterocycles. The van der Waals surface area contributed by atoms with Crippen LogP contribution in [0.4, 0.5) is 11.4 Å². The Morgan fingerprint density at radius 2 is 1.57 bits per heavy atom. The van der Waals surface area contributed by atoms with Crippen LogP contribution in [-0.4, -0.2) is 50.1 Å². The van der Waals surface area contributed by atoms with Gasteiger partial charge in [0.2, 0.25) is 5.91 Å². The number of benzene rings is 2. The van der Waals surface area contributed by atoms with Gasteiger partial charge >= 0.3 is 0 Å². The van der Waals surface area contributed by atoms with Crippen molar-refractivity contribution in [2.45, 2.75) is 33.7 Å². The maximum Gasteiger partial charge on any atom is 0.241 e. The molecule has 5 nitrogen and oxygen atoms in total. The second-order valence-electron chi connectivity index (χ2n) is 7.66. The standard InChI is InChI=1S/C23H31N3O2/c1-16-14-17(2)22(18(3)15-16)24-23(27)19(4)25-10-12-26(13-11-25)20-6-8-21(28-5)9-7-20/h6-9,14-15,19H,10-13H2,1-5H3,(H,24,27). The molecule has 1 N–H and O–H groups in total. The molecule has 1 amide bonds. The van der Waals surface area contributed by atoms with Crippen molar-refractivity contribution in [3.8, 4) is 5.75 Å². The quantitative estimate of drug-likeness (QED) is 0.856. The van der Waals surface area contributed by atoms with Gasteiger partial charge in [-0.25, -0.2) is 0 Å². The molecule has 2 aromatic carbocycles. The van der Waals surface area contributed by atoms with E-state index < -0.39 is 0 Å². The van der Waals surface area contributed by atoms with Crippen molar-refractivity contribution in [2.75, 3.05) is 43.5 Å². The predicted molar refractivity (Wildman–Crippen MR) is 116 cm³/mol. The third-order valence-corrected chi connectivity index (χ3v) is 5.60. The highest BCUT2D eigenvalue weighted by molar-refractivity contribution is 5.96. The van der Waals surface area contributed by atoms with E-state index in [0.717, 1.165) is 48.7 Å². The van der Waals surface area contributed by atoms with E-state index in [1.54, 1.807) is 7.11 Å². The molecule has 0 aromatic heterocycles. The molecule has 0 saturated carbocycles. The molecule has 1 unspecified atom stereocenters. The number of nitrogens with zero attached hydrogens (tertiary/aromatic N) is 2. The minimum atomic E-state index is -0.155. The number of hydrogen-bond donors (Lipinski definition) is 1. The molecule has 1 aliphatic heterocycles. The van der Waals surface area contributed by atoms with Crippen LogP contribution in [0.15, 0.2) is 36.4 Å². The number of carbonyl (C=O) groups excluding carboxylic acids is 1. The van der Waals surface area contributed by atoms with E-state index in [4.69, 9.17) is 4.74 Å². The highest BCUT2D eigenvalue weighted by atomic mass is 16.5. The molecular weight excluding hydrogens is 350 g/mol. The number of carbonyl (C=O) groups is 1. The number of ether oxygens (including phenoxy) is 1. The van der Waals surface area contributed by atoms with Crippen molar-refractivity contribution in [1.29, 1.82) is 0 Å². The molecule has 1 heterocycles. The van der Waals surface area contributed by atoms with E-state index in [0.29, 0.717) is 0 Å². The molecule has 1 fully saturated rings. The lowest BCUT2D eigenvalue weighted by Gasteiger charge is -2.38. The van der Waals surface area contributed by atoms with Gasteiger partial charge in [0.25, 0.3) is 0 Å². The van der Waals surface area contributed by atoms with Crippen LogP contribution in [0.1, 0.15) is 23.6 Å². The topological polar surface area (TPSA) is 44.8 Å². The van der Waals surface area contributed by atoms with E-state index in [2.05, 4.69) is 46.3 Å². The number of amides is 1. The van der Waals surface area contributed by atoms with Gasteiger partial charge < -0.3 is 15.0 Å². The maximum absolute atomic E-state index is 12.8. The average molecular weight is 382 g/mol. The first-order valence-corrected chi connectivity index (χ1v) is 9.91. The minimum Gasteiger partial charge on any atom is -0.497 e. The van der Waals surface area contributed by atoms with Gasteiger partial charge in [-0.1, -0.05) is 17.7 Å². The van der Waals surface area contributed by atoms with Gasteiger partial charge in [0.05, 0.1) is 13.2 Å². The van der Waals surface area contributed by atoms with Gasteiger partial charge in [-0.15, -0.1) is 0 Å². The Balaban J connectivity index is 1.58. The molecule has 0 spiro atoms. The van der Waals surface area contributed by atoms with Gasteiger partial charge in [0.15, 0.2) is 0 Å². The third-order valence-electron chi connectivity index (χ3n) is 5.60. The highest BCUT2D eigenvalue weighted by Crippen LogP contribution is 2.24. The molecule has 0 radical (unpaired) electrons. The molecule has 2 aromatic rings. The van der Waals surface area contributed by atoms with Crippen LogP contribution in [0.2, 0.25) is 0 Å². The van der Waals surface area contributed by atoms with Crippen molar-refractivity contribution in [3.05, 3.63) is 53.1 Å². The Labute approximate surface area is 168 Å². The number of piperazine rings is 1. The summed E-state index contributed by atoms with van der Waals surface area (Å²) in [7, 11) is 1.68. The van der Waals surface area contributed by atoms with Crippen molar-refractivity contribution in [2.24, 2.45) is 0 Å². The van der Waals surface area contributed by atoms with Crippen LogP contribution in [0, 0.1) is 20.8 Å². The third kappa shape index (κ3) is 4.47. The second-order valence-corrected chi connectivity index (χ2v) is 7.66. The summed E-state index contributed by atoms with van der Waals surface area (Å²) in [6.45, 7) is 11.7. The fraction of sp³-hybridized carbons (Fsp3) is 0.435. The summed E-state index contributed by atoms with van der Waals surface area (Å²) in [5.41, 5.74) is 5.59. The summed E-state index contributed by atoms with van der Waals surface area (Å²) >= 11 is 0. The molecular formula is C23H31N3O2. The predicted octanol–water partition coefficient (Wildman–Crippen LogP) is 3.77. The van der Waals surface area contributed by atoms with Crippen LogP contribution in [-0.2, 0) is 4.79 Å². The van der Waals surface area contributed by atoms with Crippen LogP contribution in [0.5, 0.6) is 5.75 Å².